The van der Waals surface area contributed by atoms with Gasteiger partial charge in [0.05, 0.1) is 18.8 Å². The van der Waals surface area contributed by atoms with E-state index in [1.807, 2.05) is 0 Å². The fourth-order valence-corrected chi connectivity index (χ4v) is 3.59. The molecule has 2 saturated carbocycles. The second-order valence-corrected chi connectivity index (χ2v) is 5.73. The molecule has 0 aromatic carbocycles. The molecule has 3 aliphatic rings. The Bertz CT molecular complexity index is 215. The number of hydrogen-bond donors (Lipinski definition) is 0. The number of epoxide rings is 1. The van der Waals surface area contributed by atoms with Gasteiger partial charge in [-0.15, -0.1) is 0 Å². The average Bonchev–Trinajstić information content (AvgIpc) is 2.80. The molecule has 0 spiro atoms. The summed E-state index contributed by atoms with van der Waals surface area (Å²) in [6.45, 7) is 1.87. The Morgan fingerprint density at radius 2 is 2.07 bits per heavy atom. The Morgan fingerprint density at radius 1 is 1.21 bits per heavy atom. The molecular formula is C11H17O2Si. The van der Waals surface area contributed by atoms with Gasteiger partial charge in [-0.25, -0.2) is 0 Å². The lowest BCUT2D eigenvalue weighted by Gasteiger charge is -2.25. The zero-order chi connectivity index (χ0) is 9.54. The number of hydrogen-bond acceptors (Lipinski definition) is 2. The molecule has 0 aromatic rings. The van der Waals surface area contributed by atoms with Crippen molar-refractivity contribution in [3.05, 3.63) is 0 Å². The molecule has 3 radical (unpaired) electrons. The lowest BCUT2D eigenvalue weighted by Crippen LogP contribution is -2.23. The van der Waals surface area contributed by atoms with E-state index in [2.05, 4.69) is 10.2 Å². The molecule has 77 valence electrons. The second kappa shape index (κ2) is 3.61. The smallest absolute Gasteiger partial charge is 0.0831 e. The van der Waals surface area contributed by atoms with Crippen molar-refractivity contribution < 1.29 is 9.47 Å². The maximum atomic E-state index is 5.93. The molecule has 2 aliphatic carbocycles. The van der Waals surface area contributed by atoms with Gasteiger partial charge in [0.15, 0.2) is 0 Å². The molecule has 3 fully saturated rings. The van der Waals surface area contributed by atoms with Crippen LogP contribution in [0.1, 0.15) is 25.7 Å². The minimum atomic E-state index is 0.525. The highest BCUT2D eigenvalue weighted by Gasteiger charge is 2.44. The molecule has 14 heavy (non-hydrogen) atoms. The first-order valence-corrected chi connectivity index (χ1v) is 6.35. The third kappa shape index (κ3) is 1.77. The normalized spacial score (nSPS) is 49.9. The van der Waals surface area contributed by atoms with E-state index in [0.29, 0.717) is 12.2 Å². The summed E-state index contributed by atoms with van der Waals surface area (Å²) in [6.07, 6.45) is 6.18. The van der Waals surface area contributed by atoms with E-state index in [9.17, 15) is 0 Å². The van der Waals surface area contributed by atoms with Crippen molar-refractivity contribution >= 4 is 10.2 Å². The van der Waals surface area contributed by atoms with Gasteiger partial charge in [-0.2, -0.15) is 0 Å². The summed E-state index contributed by atoms with van der Waals surface area (Å²) in [5.41, 5.74) is 0.770. The first-order chi connectivity index (χ1) is 6.83. The standard InChI is InChI=1S/C11H17O2Si/c14-11-5-7-3-8(11)4-10(7)12-2-1-9-6-13-9/h7-11H,1-6H2. The summed E-state index contributed by atoms with van der Waals surface area (Å²) >= 11 is 0. The van der Waals surface area contributed by atoms with Gasteiger partial charge in [-0.3, -0.25) is 0 Å². The lowest BCUT2D eigenvalue weighted by molar-refractivity contribution is 0.0132. The number of fused-ring (bicyclic) bond motifs is 2. The Labute approximate surface area is 88.8 Å². The van der Waals surface area contributed by atoms with Crippen molar-refractivity contribution in [1.29, 1.82) is 0 Å². The van der Waals surface area contributed by atoms with Crippen LogP contribution in [0.4, 0.5) is 0 Å². The summed E-state index contributed by atoms with van der Waals surface area (Å²) in [5, 5.41) is 0. The average molecular weight is 209 g/mol. The summed E-state index contributed by atoms with van der Waals surface area (Å²) in [4.78, 5) is 0. The molecular weight excluding hydrogens is 192 g/mol. The lowest BCUT2D eigenvalue weighted by atomic mass is 9.97. The quantitative estimate of drug-likeness (QED) is 0.517. The number of ether oxygens (including phenoxy) is 2. The minimum Gasteiger partial charge on any atom is -0.378 e. The fraction of sp³-hybridized carbons (Fsp3) is 1.00. The topological polar surface area (TPSA) is 21.8 Å². The Kier molecular flexibility index (Phi) is 2.42. The zero-order valence-corrected chi connectivity index (χ0v) is 9.45. The molecule has 3 heteroatoms. The third-order valence-electron chi connectivity index (χ3n) is 3.97. The summed E-state index contributed by atoms with van der Waals surface area (Å²) in [5.74, 6) is 1.72. The highest BCUT2D eigenvalue weighted by atomic mass is 28.1. The van der Waals surface area contributed by atoms with E-state index >= 15 is 0 Å². The molecule has 2 nitrogen and oxygen atoms in total. The molecule has 0 aromatic heterocycles. The van der Waals surface area contributed by atoms with Crippen LogP contribution >= 0.6 is 0 Å². The van der Waals surface area contributed by atoms with Crippen LogP contribution in [-0.4, -0.2) is 35.7 Å². The van der Waals surface area contributed by atoms with E-state index in [-0.39, 0.29) is 0 Å². The molecule has 1 heterocycles. The molecule has 1 aliphatic heterocycles. The van der Waals surface area contributed by atoms with Gasteiger partial charge in [0.1, 0.15) is 0 Å². The van der Waals surface area contributed by atoms with E-state index in [1.54, 1.807) is 0 Å². The van der Waals surface area contributed by atoms with Crippen LogP contribution in [0.25, 0.3) is 0 Å². The molecule has 5 unspecified atom stereocenters. The molecule has 0 N–H and O–H groups in total. The van der Waals surface area contributed by atoms with Crippen LogP contribution < -0.4 is 0 Å². The summed E-state index contributed by atoms with van der Waals surface area (Å²) in [6, 6.07) is 0. The largest absolute Gasteiger partial charge is 0.378 e. The summed E-state index contributed by atoms with van der Waals surface area (Å²) < 4.78 is 11.1. The maximum absolute atomic E-state index is 5.93. The van der Waals surface area contributed by atoms with Gasteiger partial charge in [-0.05, 0) is 43.1 Å². The van der Waals surface area contributed by atoms with Crippen LogP contribution in [0.3, 0.4) is 0 Å². The van der Waals surface area contributed by atoms with Crippen LogP contribution in [0, 0.1) is 11.8 Å². The fourth-order valence-electron chi connectivity index (χ4n) is 3.01. The van der Waals surface area contributed by atoms with Crippen LogP contribution in [0.5, 0.6) is 0 Å². The molecule has 2 bridgehead atoms. The van der Waals surface area contributed by atoms with Gasteiger partial charge in [0.2, 0.25) is 0 Å². The predicted molar refractivity (Wildman–Crippen MR) is 54.4 cm³/mol. The van der Waals surface area contributed by atoms with Gasteiger partial charge < -0.3 is 9.47 Å². The third-order valence-corrected chi connectivity index (χ3v) is 4.67. The van der Waals surface area contributed by atoms with Gasteiger partial charge in [-0.1, -0.05) is 0 Å². The van der Waals surface area contributed by atoms with E-state index in [4.69, 9.17) is 9.47 Å². The highest BCUT2D eigenvalue weighted by molar-refractivity contribution is 6.12. The number of rotatable bonds is 4. The second-order valence-electron chi connectivity index (χ2n) is 4.99. The molecule has 0 amide bonds. The maximum Gasteiger partial charge on any atom is 0.0831 e. The van der Waals surface area contributed by atoms with Crippen LogP contribution in [0.15, 0.2) is 0 Å². The van der Waals surface area contributed by atoms with Gasteiger partial charge >= 0.3 is 0 Å². The van der Waals surface area contributed by atoms with E-state index < -0.39 is 0 Å². The predicted octanol–water partition coefficient (Wildman–Crippen LogP) is 1.55. The van der Waals surface area contributed by atoms with Gasteiger partial charge in [0, 0.05) is 16.8 Å². The minimum absolute atomic E-state index is 0.525. The monoisotopic (exact) mass is 209 g/mol. The highest BCUT2D eigenvalue weighted by Crippen LogP contribution is 2.51. The first-order valence-electron chi connectivity index (χ1n) is 5.77. The van der Waals surface area contributed by atoms with E-state index in [0.717, 1.165) is 37.0 Å². The van der Waals surface area contributed by atoms with Crippen molar-refractivity contribution in [3.8, 4) is 0 Å². The van der Waals surface area contributed by atoms with Crippen molar-refractivity contribution in [3.63, 3.8) is 0 Å². The Balaban J connectivity index is 1.42. The summed E-state index contributed by atoms with van der Waals surface area (Å²) in [7, 11) is 3.80. The van der Waals surface area contributed by atoms with Gasteiger partial charge in [0.25, 0.3) is 0 Å². The zero-order valence-electron chi connectivity index (χ0n) is 8.45. The van der Waals surface area contributed by atoms with Crippen molar-refractivity contribution in [2.45, 2.75) is 43.4 Å². The Hall–Kier alpha value is 0.137. The van der Waals surface area contributed by atoms with Crippen molar-refractivity contribution in [2.75, 3.05) is 13.2 Å². The molecule has 3 rings (SSSR count). The van der Waals surface area contributed by atoms with Crippen LogP contribution in [-0.2, 0) is 9.47 Å². The van der Waals surface area contributed by atoms with E-state index in [1.165, 1.54) is 19.3 Å². The molecule has 1 saturated heterocycles. The SMILES string of the molecule is [Si]C1CC2CC1CC2OCCC1CO1. The first kappa shape index (κ1) is 9.37. The van der Waals surface area contributed by atoms with Crippen molar-refractivity contribution in [2.24, 2.45) is 11.8 Å². The molecule has 5 atom stereocenters. The Morgan fingerprint density at radius 3 is 2.64 bits per heavy atom. The van der Waals surface area contributed by atoms with Crippen molar-refractivity contribution in [1.82, 2.24) is 0 Å². The van der Waals surface area contributed by atoms with Crippen LogP contribution in [0.2, 0.25) is 5.54 Å².